The topological polar surface area (TPSA) is 78.9 Å². The molecule has 3 aromatic carbocycles. The predicted octanol–water partition coefficient (Wildman–Crippen LogP) is 5.25. The van der Waals surface area contributed by atoms with Crippen molar-refractivity contribution in [2.24, 2.45) is 0 Å². The summed E-state index contributed by atoms with van der Waals surface area (Å²) in [6.45, 7) is 3.45. The van der Waals surface area contributed by atoms with Gasteiger partial charge in [0.2, 0.25) is 0 Å². The van der Waals surface area contributed by atoms with Crippen LogP contribution in [0.25, 0.3) is 5.57 Å². The summed E-state index contributed by atoms with van der Waals surface area (Å²) in [4.78, 5) is 26.6. The molecule has 2 N–H and O–H groups in total. The van der Waals surface area contributed by atoms with Gasteiger partial charge >= 0.3 is 5.97 Å². The fraction of sp³-hybridized carbons (Fsp3) is 0.185. The van der Waals surface area contributed by atoms with E-state index in [0.29, 0.717) is 29.2 Å². The van der Waals surface area contributed by atoms with Crippen molar-refractivity contribution in [2.75, 3.05) is 30.4 Å². The lowest BCUT2D eigenvalue weighted by molar-refractivity contribution is 0.0697. The zero-order chi connectivity index (χ0) is 23.4. The number of ether oxygens (including phenoxy) is 1. The number of aryl methyl sites for hydroxylation is 1. The number of nitrogens with one attached hydrogen (secondary N) is 1. The SMILES string of the molecule is COc1ccc(C(=O)Nc2ccc(N3CC=C(c4ccccc4C)CC3)c(C(=O)O)c2)cc1. The first-order valence-electron chi connectivity index (χ1n) is 10.8. The maximum Gasteiger partial charge on any atom is 0.337 e. The number of benzene rings is 3. The number of anilines is 2. The lowest BCUT2D eigenvalue weighted by Gasteiger charge is -2.30. The van der Waals surface area contributed by atoms with Gasteiger partial charge in [-0.1, -0.05) is 30.3 Å². The van der Waals surface area contributed by atoms with Gasteiger partial charge in [-0.15, -0.1) is 0 Å². The summed E-state index contributed by atoms with van der Waals surface area (Å²) < 4.78 is 5.11. The minimum Gasteiger partial charge on any atom is -0.497 e. The Bertz CT molecular complexity index is 1220. The molecule has 3 aromatic rings. The molecule has 0 aliphatic carbocycles. The Morgan fingerprint density at radius 1 is 1.03 bits per heavy atom. The first kappa shape index (κ1) is 22.1. The number of carboxylic acid groups (broad SMARTS) is 1. The monoisotopic (exact) mass is 442 g/mol. The Kier molecular flexibility index (Phi) is 6.45. The van der Waals surface area contributed by atoms with E-state index in [-0.39, 0.29) is 11.5 Å². The van der Waals surface area contributed by atoms with Gasteiger partial charge in [0.1, 0.15) is 5.75 Å². The molecular weight excluding hydrogens is 416 g/mol. The third-order valence-electron chi connectivity index (χ3n) is 5.88. The molecule has 4 rings (SSSR count). The molecular formula is C27H26N2O4. The molecule has 0 saturated heterocycles. The zero-order valence-corrected chi connectivity index (χ0v) is 18.7. The van der Waals surface area contributed by atoms with Gasteiger partial charge in [-0.2, -0.15) is 0 Å². The number of methoxy groups -OCH3 is 1. The fourth-order valence-corrected chi connectivity index (χ4v) is 4.07. The Morgan fingerprint density at radius 3 is 2.42 bits per heavy atom. The molecule has 1 aliphatic rings. The van der Waals surface area contributed by atoms with Crippen LogP contribution in [0.15, 0.2) is 72.8 Å². The molecule has 0 bridgehead atoms. The second-order valence-electron chi connectivity index (χ2n) is 7.96. The van der Waals surface area contributed by atoms with Crippen molar-refractivity contribution < 1.29 is 19.4 Å². The summed E-state index contributed by atoms with van der Waals surface area (Å²) in [5.74, 6) is -0.685. The van der Waals surface area contributed by atoms with Crippen molar-refractivity contribution in [1.29, 1.82) is 0 Å². The van der Waals surface area contributed by atoms with E-state index in [4.69, 9.17) is 4.74 Å². The molecule has 0 radical (unpaired) electrons. The molecule has 33 heavy (non-hydrogen) atoms. The zero-order valence-electron chi connectivity index (χ0n) is 18.7. The van der Waals surface area contributed by atoms with Crippen LogP contribution >= 0.6 is 0 Å². The predicted molar refractivity (Wildman–Crippen MR) is 130 cm³/mol. The van der Waals surface area contributed by atoms with E-state index in [1.165, 1.54) is 22.8 Å². The molecule has 168 valence electrons. The number of hydrogen-bond donors (Lipinski definition) is 2. The highest BCUT2D eigenvalue weighted by atomic mass is 16.5. The number of carboxylic acids is 1. The highest BCUT2D eigenvalue weighted by Crippen LogP contribution is 2.31. The van der Waals surface area contributed by atoms with Gasteiger partial charge in [0.05, 0.1) is 18.4 Å². The average Bonchev–Trinajstić information content (AvgIpc) is 2.84. The quantitative estimate of drug-likeness (QED) is 0.545. The molecule has 0 unspecified atom stereocenters. The summed E-state index contributed by atoms with van der Waals surface area (Å²) in [6.07, 6.45) is 3.00. The second kappa shape index (κ2) is 9.61. The Balaban J connectivity index is 1.52. The van der Waals surface area contributed by atoms with Gasteiger partial charge < -0.3 is 20.1 Å². The van der Waals surface area contributed by atoms with Crippen molar-refractivity contribution in [2.45, 2.75) is 13.3 Å². The van der Waals surface area contributed by atoms with Crippen LogP contribution in [0.4, 0.5) is 11.4 Å². The minimum atomic E-state index is -1.03. The van der Waals surface area contributed by atoms with Crippen LogP contribution in [0.3, 0.4) is 0 Å². The molecule has 0 atom stereocenters. The van der Waals surface area contributed by atoms with Gasteiger partial charge in [-0.25, -0.2) is 4.79 Å². The summed E-state index contributed by atoms with van der Waals surface area (Å²) in [7, 11) is 1.56. The van der Waals surface area contributed by atoms with Gasteiger partial charge in [0.15, 0.2) is 0 Å². The molecule has 0 fully saturated rings. The van der Waals surface area contributed by atoms with E-state index in [0.717, 1.165) is 13.0 Å². The number of aromatic carboxylic acids is 1. The third kappa shape index (κ3) is 4.90. The van der Waals surface area contributed by atoms with E-state index in [1.807, 2.05) is 12.1 Å². The van der Waals surface area contributed by atoms with Crippen LogP contribution in [0.1, 0.15) is 38.3 Å². The van der Waals surface area contributed by atoms with E-state index in [9.17, 15) is 14.7 Å². The van der Waals surface area contributed by atoms with E-state index in [1.54, 1.807) is 43.5 Å². The van der Waals surface area contributed by atoms with Crippen LogP contribution in [0, 0.1) is 6.92 Å². The number of rotatable bonds is 6. The van der Waals surface area contributed by atoms with E-state index < -0.39 is 5.97 Å². The van der Waals surface area contributed by atoms with Crippen molar-refractivity contribution in [1.82, 2.24) is 0 Å². The van der Waals surface area contributed by atoms with Gasteiger partial charge in [0, 0.05) is 24.3 Å². The maximum absolute atomic E-state index is 12.6. The molecule has 1 amide bonds. The molecule has 1 aliphatic heterocycles. The second-order valence-corrected chi connectivity index (χ2v) is 7.96. The molecule has 0 aromatic heterocycles. The first-order chi connectivity index (χ1) is 16.0. The number of carbonyl (C=O) groups is 2. The Labute approximate surface area is 193 Å². The van der Waals surface area contributed by atoms with Gasteiger partial charge in [0.25, 0.3) is 5.91 Å². The fourth-order valence-electron chi connectivity index (χ4n) is 4.07. The normalized spacial score (nSPS) is 13.3. The van der Waals surface area contributed by atoms with E-state index in [2.05, 4.69) is 35.3 Å². The lowest BCUT2D eigenvalue weighted by atomic mass is 9.95. The minimum absolute atomic E-state index is 0.162. The van der Waals surface area contributed by atoms with Crippen molar-refractivity contribution in [3.8, 4) is 5.75 Å². The third-order valence-corrected chi connectivity index (χ3v) is 5.88. The number of amides is 1. The van der Waals surface area contributed by atoms with Crippen molar-refractivity contribution >= 4 is 28.8 Å². The average molecular weight is 443 g/mol. The summed E-state index contributed by atoms with van der Waals surface area (Å²) >= 11 is 0. The van der Waals surface area contributed by atoms with Crippen LogP contribution in [0.2, 0.25) is 0 Å². The molecule has 6 heteroatoms. The van der Waals surface area contributed by atoms with Crippen LogP contribution in [-0.4, -0.2) is 37.2 Å². The smallest absolute Gasteiger partial charge is 0.337 e. The summed E-state index contributed by atoms with van der Waals surface area (Å²) in [6, 6.07) is 20.0. The highest BCUT2D eigenvalue weighted by molar-refractivity contribution is 6.05. The van der Waals surface area contributed by atoms with Crippen molar-refractivity contribution in [3.63, 3.8) is 0 Å². The number of hydrogen-bond acceptors (Lipinski definition) is 4. The standard InChI is InChI=1S/C27H26N2O4/c1-18-5-3-4-6-23(18)19-13-15-29(16-14-19)25-12-9-21(17-24(25)27(31)32)28-26(30)20-7-10-22(33-2)11-8-20/h3-13,17H,14-16H2,1-2H3,(H,28,30)(H,31,32). The summed E-state index contributed by atoms with van der Waals surface area (Å²) in [5.41, 5.74) is 5.46. The van der Waals surface area contributed by atoms with Crippen LogP contribution in [-0.2, 0) is 0 Å². The lowest BCUT2D eigenvalue weighted by Crippen LogP contribution is -2.30. The number of carbonyl (C=O) groups excluding carboxylic acids is 1. The first-order valence-corrected chi connectivity index (χ1v) is 10.8. The van der Waals surface area contributed by atoms with Gasteiger partial charge in [-0.3, -0.25) is 4.79 Å². The molecule has 0 saturated carbocycles. The van der Waals surface area contributed by atoms with Crippen LogP contribution < -0.4 is 15.0 Å². The van der Waals surface area contributed by atoms with Crippen molar-refractivity contribution in [3.05, 3.63) is 95.1 Å². The van der Waals surface area contributed by atoms with Crippen LogP contribution in [0.5, 0.6) is 5.75 Å². The summed E-state index contributed by atoms with van der Waals surface area (Å²) in [5, 5.41) is 12.6. The Hall–Kier alpha value is -4.06. The maximum atomic E-state index is 12.6. The molecule has 1 heterocycles. The van der Waals surface area contributed by atoms with E-state index >= 15 is 0 Å². The molecule has 0 spiro atoms. The number of nitrogens with zero attached hydrogens (tertiary/aromatic N) is 1. The van der Waals surface area contributed by atoms with Gasteiger partial charge in [-0.05, 0) is 72.5 Å². The Morgan fingerprint density at radius 2 is 1.79 bits per heavy atom. The largest absolute Gasteiger partial charge is 0.497 e. The highest BCUT2D eigenvalue weighted by Gasteiger charge is 2.20. The molecule has 6 nitrogen and oxygen atoms in total.